The van der Waals surface area contributed by atoms with Gasteiger partial charge in [0, 0.05) is 5.57 Å². The lowest BCUT2D eigenvalue weighted by atomic mass is 10.1. The summed E-state index contributed by atoms with van der Waals surface area (Å²) in [5.41, 5.74) is 0.784. The lowest BCUT2D eigenvalue weighted by Gasteiger charge is -2.06. The van der Waals surface area contributed by atoms with E-state index >= 15 is 0 Å². The van der Waals surface area contributed by atoms with Crippen molar-refractivity contribution in [2.75, 3.05) is 13.7 Å². The Morgan fingerprint density at radius 3 is 2.68 bits per heavy atom. The highest BCUT2D eigenvalue weighted by molar-refractivity contribution is 5.98. The van der Waals surface area contributed by atoms with Crippen LogP contribution in [0.2, 0.25) is 0 Å². The molecule has 0 fully saturated rings. The predicted molar refractivity (Wildman–Crippen MR) is 69.9 cm³/mol. The highest BCUT2D eigenvalue weighted by atomic mass is 16.5. The summed E-state index contributed by atoms with van der Waals surface area (Å²) >= 11 is 0. The zero-order valence-corrected chi connectivity index (χ0v) is 10.9. The van der Waals surface area contributed by atoms with Gasteiger partial charge in [0.25, 0.3) is 0 Å². The number of hydrogen-bond donors (Lipinski definition) is 1. The maximum absolute atomic E-state index is 11.7. The zero-order valence-electron chi connectivity index (χ0n) is 10.9. The van der Waals surface area contributed by atoms with Crippen molar-refractivity contribution in [2.24, 2.45) is 0 Å². The number of aliphatic carboxylic acids is 1. The van der Waals surface area contributed by atoms with Crippen molar-refractivity contribution in [3.05, 3.63) is 35.4 Å². The number of methoxy groups -OCH3 is 1. The number of carbonyl (C=O) groups is 2. The van der Waals surface area contributed by atoms with E-state index in [0.717, 1.165) is 0 Å². The van der Waals surface area contributed by atoms with Gasteiger partial charge in [-0.3, -0.25) is 4.79 Å². The highest BCUT2D eigenvalue weighted by Gasteiger charge is 2.14. The van der Waals surface area contributed by atoms with Gasteiger partial charge in [-0.05, 0) is 30.7 Å². The molecule has 19 heavy (non-hydrogen) atoms. The number of hydrogen-bond acceptors (Lipinski definition) is 4. The minimum Gasteiger partial charge on any atom is -0.497 e. The van der Waals surface area contributed by atoms with Crippen molar-refractivity contribution >= 4 is 18.0 Å². The Bertz CT molecular complexity index is 490. The largest absolute Gasteiger partial charge is 0.497 e. The van der Waals surface area contributed by atoms with Crippen LogP contribution in [0.25, 0.3) is 6.08 Å². The molecule has 1 rings (SSSR count). The van der Waals surface area contributed by atoms with E-state index in [1.165, 1.54) is 13.2 Å². The first-order chi connectivity index (χ1) is 9.06. The van der Waals surface area contributed by atoms with E-state index < -0.39 is 11.9 Å². The molecule has 0 saturated carbocycles. The van der Waals surface area contributed by atoms with Gasteiger partial charge in [-0.25, -0.2) is 4.79 Å². The summed E-state index contributed by atoms with van der Waals surface area (Å²) in [6.07, 6.45) is 1.12. The van der Waals surface area contributed by atoms with Crippen molar-refractivity contribution < 1.29 is 24.2 Å². The Balaban J connectivity index is 3.03. The average Bonchev–Trinajstić information content (AvgIpc) is 2.38. The van der Waals surface area contributed by atoms with Crippen LogP contribution in [-0.2, 0) is 14.3 Å². The smallest absolute Gasteiger partial charge is 0.334 e. The molecule has 0 heterocycles. The molecule has 0 radical (unpaired) electrons. The Morgan fingerprint density at radius 1 is 1.37 bits per heavy atom. The van der Waals surface area contributed by atoms with Gasteiger partial charge in [0.1, 0.15) is 5.75 Å². The van der Waals surface area contributed by atoms with Crippen molar-refractivity contribution in [3.63, 3.8) is 0 Å². The normalized spacial score (nSPS) is 10.9. The van der Waals surface area contributed by atoms with Crippen LogP contribution in [0.5, 0.6) is 5.75 Å². The number of carboxylic acid groups (broad SMARTS) is 1. The van der Waals surface area contributed by atoms with Gasteiger partial charge in [0.05, 0.1) is 20.1 Å². The molecule has 0 spiro atoms. The third-order valence-electron chi connectivity index (χ3n) is 2.31. The van der Waals surface area contributed by atoms with Crippen LogP contribution < -0.4 is 4.74 Å². The van der Waals surface area contributed by atoms with Crippen molar-refractivity contribution in [1.82, 2.24) is 0 Å². The molecule has 1 aromatic carbocycles. The van der Waals surface area contributed by atoms with Gasteiger partial charge < -0.3 is 14.6 Å². The van der Waals surface area contributed by atoms with Gasteiger partial charge in [-0.2, -0.15) is 0 Å². The fourth-order valence-electron chi connectivity index (χ4n) is 1.50. The average molecular weight is 264 g/mol. The van der Waals surface area contributed by atoms with Gasteiger partial charge in [0.15, 0.2) is 0 Å². The molecule has 0 atom stereocenters. The lowest BCUT2D eigenvalue weighted by molar-refractivity contribution is -0.142. The van der Waals surface area contributed by atoms with Crippen LogP contribution in [0, 0.1) is 0 Å². The zero-order chi connectivity index (χ0) is 14.3. The van der Waals surface area contributed by atoms with Crippen LogP contribution >= 0.6 is 0 Å². The molecule has 0 bridgehead atoms. The minimum absolute atomic E-state index is 0.0996. The second-order valence-electron chi connectivity index (χ2n) is 3.74. The summed E-state index contributed by atoms with van der Waals surface area (Å²) in [6.45, 7) is 1.87. The molecule has 5 nitrogen and oxygen atoms in total. The Labute approximate surface area is 111 Å². The van der Waals surface area contributed by atoms with E-state index in [4.69, 9.17) is 14.6 Å². The van der Waals surface area contributed by atoms with Gasteiger partial charge in [0.2, 0.25) is 0 Å². The molecule has 5 heteroatoms. The quantitative estimate of drug-likeness (QED) is 0.629. The summed E-state index contributed by atoms with van der Waals surface area (Å²) in [6, 6.07) is 6.98. The summed E-state index contributed by atoms with van der Waals surface area (Å²) in [4.78, 5) is 22.4. The van der Waals surface area contributed by atoms with E-state index in [-0.39, 0.29) is 18.6 Å². The molecule has 0 aromatic heterocycles. The Morgan fingerprint density at radius 2 is 2.11 bits per heavy atom. The fraction of sp³-hybridized carbons (Fsp3) is 0.286. The van der Waals surface area contributed by atoms with E-state index in [9.17, 15) is 9.59 Å². The number of carbonyl (C=O) groups excluding carboxylic acids is 1. The van der Waals surface area contributed by atoms with Gasteiger partial charge in [-0.1, -0.05) is 12.1 Å². The summed E-state index contributed by atoms with van der Waals surface area (Å²) in [5.74, 6) is -1.07. The number of esters is 1. The number of rotatable bonds is 6. The summed E-state index contributed by atoms with van der Waals surface area (Å²) in [7, 11) is 1.53. The monoisotopic (exact) mass is 264 g/mol. The predicted octanol–water partition coefficient (Wildman–Crippen LogP) is 2.12. The van der Waals surface area contributed by atoms with E-state index in [1.54, 1.807) is 31.2 Å². The summed E-state index contributed by atoms with van der Waals surface area (Å²) < 4.78 is 9.90. The molecular weight excluding hydrogens is 248 g/mol. The molecule has 102 valence electrons. The number of benzene rings is 1. The van der Waals surface area contributed by atoms with E-state index in [0.29, 0.717) is 11.3 Å². The first-order valence-corrected chi connectivity index (χ1v) is 5.80. The minimum atomic E-state index is -1.08. The third kappa shape index (κ3) is 4.83. The number of carboxylic acids is 1. The van der Waals surface area contributed by atoms with Gasteiger partial charge >= 0.3 is 11.9 Å². The first kappa shape index (κ1) is 14.8. The van der Waals surface area contributed by atoms with Crippen molar-refractivity contribution in [2.45, 2.75) is 13.3 Å². The second kappa shape index (κ2) is 7.20. The third-order valence-corrected chi connectivity index (χ3v) is 2.31. The molecular formula is C14H16O5. The van der Waals surface area contributed by atoms with Crippen LogP contribution in [0.3, 0.4) is 0 Å². The SMILES string of the molecule is CCOC(=O)C(=Cc1cccc(OC)c1)CC(=O)O. The maximum Gasteiger partial charge on any atom is 0.334 e. The Hall–Kier alpha value is -2.30. The molecule has 0 aliphatic carbocycles. The van der Waals surface area contributed by atoms with Crippen molar-refractivity contribution in [1.29, 1.82) is 0 Å². The second-order valence-corrected chi connectivity index (χ2v) is 3.74. The first-order valence-electron chi connectivity index (χ1n) is 5.80. The molecule has 0 unspecified atom stereocenters. The summed E-state index contributed by atoms with van der Waals surface area (Å²) in [5, 5.41) is 8.81. The van der Waals surface area contributed by atoms with Crippen LogP contribution in [0.1, 0.15) is 18.9 Å². The highest BCUT2D eigenvalue weighted by Crippen LogP contribution is 2.17. The standard InChI is InChI=1S/C14H16O5/c1-3-19-14(17)11(9-13(15)16)7-10-5-4-6-12(8-10)18-2/h4-8H,3,9H2,1-2H3,(H,15,16). The topological polar surface area (TPSA) is 72.8 Å². The maximum atomic E-state index is 11.7. The van der Waals surface area contributed by atoms with Gasteiger partial charge in [-0.15, -0.1) is 0 Å². The number of ether oxygens (including phenoxy) is 2. The molecule has 0 aliphatic heterocycles. The lowest BCUT2D eigenvalue weighted by Crippen LogP contribution is -2.11. The molecule has 0 saturated heterocycles. The molecule has 0 amide bonds. The molecule has 0 aliphatic rings. The van der Waals surface area contributed by atoms with Crippen LogP contribution in [-0.4, -0.2) is 30.8 Å². The van der Waals surface area contributed by atoms with Crippen LogP contribution in [0.15, 0.2) is 29.8 Å². The van der Waals surface area contributed by atoms with E-state index in [2.05, 4.69) is 0 Å². The van der Waals surface area contributed by atoms with Crippen LogP contribution in [0.4, 0.5) is 0 Å². The van der Waals surface area contributed by atoms with Crippen molar-refractivity contribution in [3.8, 4) is 5.75 Å². The molecule has 1 N–H and O–H groups in total. The fourth-order valence-corrected chi connectivity index (χ4v) is 1.50. The Kier molecular flexibility index (Phi) is 5.60. The van der Waals surface area contributed by atoms with E-state index in [1.807, 2.05) is 0 Å². The molecule has 1 aromatic rings.